The zero-order chi connectivity index (χ0) is 12.2. The van der Waals surface area contributed by atoms with E-state index in [1.807, 2.05) is 0 Å². The lowest BCUT2D eigenvalue weighted by Gasteiger charge is -2.40. The van der Waals surface area contributed by atoms with Crippen molar-refractivity contribution in [3.63, 3.8) is 0 Å². The van der Waals surface area contributed by atoms with Crippen LogP contribution < -0.4 is 0 Å². The molecule has 16 heavy (non-hydrogen) atoms. The lowest BCUT2D eigenvalue weighted by molar-refractivity contribution is -0.160. The molecule has 0 amide bonds. The first-order chi connectivity index (χ1) is 7.43. The maximum Gasteiger partial charge on any atom is 0.405 e. The molecule has 0 bridgehead atoms. The van der Waals surface area contributed by atoms with Gasteiger partial charge in [-0.3, -0.25) is 0 Å². The summed E-state index contributed by atoms with van der Waals surface area (Å²) >= 11 is 0. The fourth-order valence-electron chi connectivity index (χ4n) is 1.98. The van der Waals surface area contributed by atoms with Crippen molar-refractivity contribution in [3.8, 4) is 0 Å². The van der Waals surface area contributed by atoms with E-state index in [0.29, 0.717) is 0 Å². The average Bonchev–Trinajstić information content (AvgIpc) is 2.20. The lowest BCUT2D eigenvalue weighted by Crippen LogP contribution is -2.48. The van der Waals surface area contributed by atoms with E-state index in [1.54, 1.807) is 0 Å². The Kier molecular flexibility index (Phi) is 4.76. The summed E-state index contributed by atoms with van der Waals surface area (Å²) in [6.07, 6.45) is 5.67. The number of unbranched alkanes of at least 4 members (excludes halogenated alkanes) is 2. The summed E-state index contributed by atoms with van der Waals surface area (Å²) in [5.41, 5.74) is -0.169. The van der Waals surface area contributed by atoms with Crippen molar-refractivity contribution >= 4 is 10.4 Å². The Morgan fingerprint density at radius 1 is 1.06 bits per heavy atom. The molecule has 1 aliphatic rings. The molecule has 1 fully saturated rings. The predicted molar refractivity (Wildman–Crippen MR) is 62.0 cm³/mol. The standard InChI is InChI=1S/C11H22O4S/c1-4-6-8-11(3,9-7-5-2)10-14-16(12,13)15-10/h10H,4-9H2,1-3H3. The largest absolute Gasteiger partial charge is 0.405 e. The van der Waals surface area contributed by atoms with Gasteiger partial charge in [0.15, 0.2) is 0 Å². The smallest absolute Gasteiger partial charge is 0.214 e. The fourth-order valence-corrected chi connectivity index (χ4v) is 2.88. The molecule has 0 N–H and O–H groups in total. The minimum Gasteiger partial charge on any atom is -0.214 e. The molecule has 0 aliphatic carbocycles. The number of hydrogen-bond acceptors (Lipinski definition) is 4. The van der Waals surface area contributed by atoms with Crippen molar-refractivity contribution in [2.75, 3.05) is 0 Å². The first-order valence-electron chi connectivity index (χ1n) is 6.05. The van der Waals surface area contributed by atoms with E-state index < -0.39 is 16.7 Å². The second-order valence-corrected chi connectivity index (χ2v) is 6.00. The van der Waals surface area contributed by atoms with Gasteiger partial charge in [-0.2, -0.15) is 8.42 Å². The molecular formula is C11H22O4S. The highest BCUT2D eigenvalue weighted by atomic mass is 32.3. The lowest BCUT2D eigenvalue weighted by atomic mass is 9.79. The maximum absolute atomic E-state index is 10.8. The van der Waals surface area contributed by atoms with Crippen LogP contribution in [-0.2, 0) is 18.8 Å². The summed E-state index contributed by atoms with van der Waals surface area (Å²) in [4.78, 5) is 0. The van der Waals surface area contributed by atoms with Crippen LogP contribution in [0.15, 0.2) is 0 Å². The topological polar surface area (TPSA) is 52.6 Å². The van der Waals surface area contributed by atoms with E-state index in [1.165, 1.54) is 0 Å². The second-order valence-electron chi connectivity index (χ2n) is 4.79. The van der Waals surface area contributed by atoms with Gasteiger partial charge in [-0.1, -0.05) is 46.5 Å². The molecule has 0 radical (unpaired) electrons. The highest BCUT2D eigenvalue weighted by molar-refractivity contribution is 7.82. The molecule has 0 aromatic heterocycles. The summed E-state index contributed by atoms with van der Waals surface area (Å²) in [6, 6.07) is 0. The molecule has 1 aliphatic heterocycles. The molecule has 0 atom stereocenters. The minimum atomic E-state index is -3.66. The highest BCUT2D eigenvalue weighted by Gasteiger charge is 2.48. The van der Waals surface area contributed by atoms with E-state index in [0.717, 1.165) is 38.5 Å². The van der Waals surface area contributed by atoms with Gasteiger partial charge in [0.25, 0.3) is 0 Å². The molecular weight excluding hydrogens is 228 g/mol. The Hall–Kier alpha value is -0.130. The Balaban J connectivity index is 2.56. The molecule has 0 aromatic rings. The van der Waals surface area contributed by atoms with Crippen LogP contribution in [0, 0.1) is 5.41 Å². The van der Waals surface area contributed by atoms with Gasteiger partial charge < -0.3 is 0 Å². The van der Waals surface area contributed by atoms with Crippen molar-refractivity contribution < 1.29 is 16.8 Å². The molecule has 0 saturated carbocycles. The van der Waals surface area contributed by atoms with Crippen LogP contribution in [0.3, 0.4) is 0 Å². The Labute approximate surface area is 98.7 Å². The van der Waals surface area contributed by atoms with Gasteiger partial charge in [-0.25, -0.2) is 8.37 Å². The van der Waals surface area contributed by atoms with E-state index >= 15 is 0 Å². The fraction of sp³-hybridized carbons (Fsp3) is 1.00. The quantitative estimate of drug-likeness (QED) is 0.697. The molecule has 1 heterocycles. The van der Waals surface area contributed by atoms with Gasteiger partial charge in [-0.15, -0.1) is 0 Å². The summed E-state index contributed by atoms with van der Waals surface area (Å²) in [6.45, 7) is 6.30. The summed E-state index contributed by atoms with van der Waals surface area (Å²) in [7, 11) is -3.66. The third-order valence-electron chi connectivity index (χ3n) is 3.18. The molecule has 0 aromatic carbocycles. The van der Waals surface area contributed by atoms with E-state index in [4.69, 9.17) is 8.37 Å². The van der Waals surface area contributed by atoms with E-state index in [2.05, 4.69) is 20.8 Å². The third-order valence-corrected chi connectivity index (χ3v) is 4.00. The Bertz CT molecular complexity index is 290. The van der Waals surface area contributed by atoms with Crippen LogP contribution in [-0.4, -0.2) is 14.7 Å². The molecule has 1 saturated heterocycles. The predicted octanol–water partition coefficient (Wildman–Crippen LogP) is 2.99. The average molecular weight is 250 g/mol. The van der Waals surface area contributed by atoms with Crippen molar-refractivity contribution in [1.82, 2.24) is 0 Å². The van der Waals surface area contributed by atoms with E-state index in [9.17, 15) is 8.42 Å². The first kappa shape index (κ1) is 13.9. The molecule has 0 unspecified atom stereocenters. The zero-order valence-electron chi connectivity index (χ0n) is 10.4. The van der Waals surface area contributed by atoms with Crippen LogP contribution in [0.1, 0.15) is 59.3 Å². The molecule has 1 rings (SSSR count). The van der Waals surface area contributed by atoms with Crippen LogP contribution in [0.5, 0.6) is 0 Å². The number of rotatable bonds is 7. The van der Waals surface area contributed by atoms with Gasteiger partial charge in [-0.05, 0) is 12.8 Å². The van der Waals surface area contributed by atoms with Gasteiger partial charge in [0.05, 0.1) is 0 Å². The van der Waals surface area contributed by atoms with Crippen molar-refractivity contribution in [3.05, 3.63) is 0 Å². The molecule has 96 valence electrons. The van der Waals surface area contributed by atoms with Crippen LogP contribution in [0.25, 0.3) is 0 Å². The van der Waals surface area contributed by atoms with Gasteiger partial charge in [0, 0.05) is 5.41 Å². The van der Waals surface area contributed by atoms with Crippen LogP contribution in [0.2, 0.25) is 0 Å². The first-order valence-corrected chi connectivity index (χ1v) is 7.38. The van der Waals surface area contributed by atoms with Gasteiger partial charge in [0.2, 0.25) is 6.29 Å². The van der Waals surface area contributed by atoms with Crippen molar-refractivity contribution in [2.24, 2.45) is 5.41 Å². The third kappa shape index (κ3) is 3.43. The van der Waals surface area contributed by atoms with Crippen LogP contribution in [0.4, 0.5) is 0 Å². The Morgan fingerprint density at radius 2 is 1.50 bits per heavy atom. The van der Waals surface area contributed by atoms with Crippen LogP contribution >= 0.6 is 0 Å². The summed E-state index contributed by atoms with van der Waals surface area (Å²) < 4.78 is 31.4. The minimum absolute atomic E-state index is 0.169. The summed E-state index contributed by atoms with van der Waals surface area (Å²) in [5.74, 6) is 0. The van der Waals surface area contributed by atoms with Gasteiger partial charge in [0.1, 0.15) is 0 Å². The summed E-state index contributed by atoms with van der Waals surface area (Å²) in [5, 5.41) is 0. The van der Waals surface area contributed by atoms with Gasteiger partial charge >= 0.3 is 10.4 Å². The monoisotopic (exact) mass is 250 g/mol. The molecule has 4 nitrogen and oxygen atoms in total. The maximum atomic E-state index is 10.8. The highest BCUT2D eigenvalue weighted by Crippen LogP contribution is 2.42. The SMILES string of the molecule is CCCCC(C)(CCCC)C1OS(=O)(=O)O1. The second kappa shape index (κ2) is 5.47. The van der Waals surface area contributed by atoms with Crippen molar-refractivity contribution in [2.45, 2.75) is 65.6 Å². The Morgan fingerprint density at radius 3 is 1.81 bits per heavy atom. The van der Waals surface area contributed by atoms with Crippen molar-refractivity contribution in [1.29, 1.82) is 0 Å². The normalized spacial score (nSPS) is 20.7. The number of hydrogen-bond donors (Lipinski definition) is 0. The molecule has 0 spiro atoms. The van der Waals surface area contributed by atoms with E-state index in [-0.39, 0.29) is 5.41 Å². The zero-order valence-corrected chi connectivity index (χ0v) is 11.2. The molecule has 5 heteroatoms.